The van der Waals surface area contributed by atoms with E-state index in [1.54, 1.807) is 23.5 Å². The standard InChI is InChI=1S/C19H24N2O3S/c1-13-9-10-25-17(13)12-21(3)14(2)18(22)20-11-15-5-7-16(8-6-15)19(23)24-4/h5-10,14H,11-12H2,1-4H3,(H,20,22). The van der Waals surface area contributed by atoms with Crippen LogP contribution in [0.4, 0.5) is 0 Å². The van der Waals surface area contributed by atoms with Crippen LogP contribution in [0, 0.1) is 6.92 Å². The number of benzene rings is 1. The van der Waals surface area contributed by atoms with E-state index in [1.807, 2.05) is 31.0 Å². The molecule has 1 heterocycles. The molecule has 0 fully saturated rings. The number of amides is 1. The van der Waals surface area contributed by atoms with E-state index < -0.39 is 0 Å². The Morgan fingerprint density at radius 1 is 1.24 bits per heavy atom. The lowest BCUT2D eigenvalue weighted by molar-refractivity contribution is -0.125. The molecule has 0 radical (unpaired) electrons. The van der Waals surface area contributed by atoms with Gasteiger partial charge < -0.3 is 10.1 Å². The summed E-state index contributed by atoms with van der Waals surface area (Å²) in [7, 11) is 3.31. The van der Waals surface area contributed by atoms with Crippen LogP contribution in [-0.2, 0) is 22.6 Å². The van der Waals surface area contributed by atoms with Gasteiger partial charge in [0.15, 0.2) is 0 Å². The smallest absolute Gasteiger partial charge is 0.337 e. The van der Waals surface area contributed by atoms with Crippen molar-refractivity contribution in [3.8, 4) is 0 Å². The van der Waals surface area contributed by atoms with E-state index in [4.69, 9.17) is 0 Å². The lowest BCUT2D eigenvalue weighted by atomic mass is 10.1. The molecule has 0 bridgehead atoms. The summed E-state index contributed by atoms with van der Waals surface area (Å²) in [5.74, 6) is -0.386. The Kier molecular flexibility index (Phi) is 6.73. The SMILES string of the molecule is COC(=O)c1ccc(CNC(=O)C(C)N(C)Cc2sccc2C)cc1. The second kappa shape index (κ2) is 8.78. The van der Waals surface area contributed by atoms with Gasteiger partial charge in [-0.05, 0) is 55.6 Å². The van der Waals surface area contributed by atoms with Gasteiger partial charge in [0.1, 0.15) is 0 Å². The topological polar surface area (TPSA) is 58.6 Å². The Morgan fingerprint density at radius 2 is 1.92 bits per heavy atom. The molecule has 6 heteroatoms. The van der Waals surface area contributed by atoms with Crippen molar-refractivity contribution in [2.75, 3.05) is 14.2 Å². The first-order chi connectivity index (χ1) is 11.9. The Labute approximate surface area is 152 Å². The van der Waals surface area contributed by atoms with Crippen LogP contribution in [0.2, 0.25) is 0 Å². The average Bonchev–Trinajstić information content (AvgIpc) is 3.03. The van der Waals surface area contributed by atoms with Gasteiger partial charge in [-0.1, -0.05) is 12.1 Å². The van der Waals surface area contributed by atoms with E-state index in [-0.39, 0.29) is 17.9 Å². The van der Waals surface area contributed by atoms with Gasteiger partial charge in [-0.15, -0.1) is 11.3 Å². The Bertz CT molecular complexity index is 725. The van der Waals surface area contributed by atoms with Crippen molar-refractivity contribution in [3.05, 3.63) is 57.3 Å². The molecule has 1 aromatic heterocycles. The highest BCUT2D eigenvalue weighted by Gasteiger charge is 2.18. The van der Waals surface area contributed by atoms with Crippen molar-refractivity contribution in [2.45, 2.75) is 33.0 Å². The van der Waals surface area contributed by atoms with Gasteiger partial charge in [-0.25, -0.2) is 4.79 Å². The normalized spacial score (nSPS) is 12.0. The van der Waals surface area contributed by atoms with Gasteiger partial charge in [-0.2, -0.15) is 0 Å². The first-order valence-electron chi connectivity index (χ1n) is 8.10. The number of carbonyl (C=O) groups is 2. The van der Waals surface area contributed by atoms with Crippen molar-refractivity contribution in [3.63, 3.8) is 0 Å². The summed E-state index contributed by atoms with van der Waals surface area (Å²) in [6, 6.07) is 8.89. The van der Waals surface area contributed by atoms with Crippen molar-refractivity contribution in [2.24, 2.45) is 0 Å². The Hall–Kier alpha value is -2.18. The molecule has 0 saturated heterocycles. The molecular formula is C19H24N2O3S. The number of aryl methyl sites for hydroxylation is 1. The maximum atomic E-state index is 12.4. The van der Waals surface area contributed by atoms with Gasteiger partial charge in [0.2, 0.25) is 5.91 Å². The summed E-state index contributed by atoms with van der Waals surface area (Å²) in [4.78, 5) is 27.1. The maximum absolute atomic E-state index is 12.4. The molecule has 2 aromatic rings. The molecule has 0 saturated carbocycles. The second-order valence-corrected chi connectivity index (χ2v) is 7.02. The minimum absolute atomic E-state index is 0.0197. The number of esters is 1. The fraction of sp³-hybridized carbons (Fsp3) is 0.368. The zero-order valence-electron chi connectivity index (χ0n) is 15.0. The number of methoxy groups -OCH3 is 1. The third-order valence-corrected chi connectivity index (χ3v) is 5.25. The third kappa shape index (κ3) is 5.14. The number of hydrogen-bond acceptors (Lipinski definition) is 5. The summed E-state index contributed by atoms with van der Waals surface area (Å²) in [6.45, 7) is 5.17. The first-order valence-corrected chi connectivity index (χ1v) is 8.98. The van der Waals surface area contributed by atoms with Gasteiger partial charge >= 0.3 is 5.97 Å². The number of carbonyl (C=O) groups excluding carboxylic acids is 2. The number of rotatable bonds is 7. The van der Waals surface area contributed by atoms with Gasteiger partial charge in [-0.3, -0.25) is 9.69 Å². The molecule has 5 nitrogen and oxygen atoms in total. The van der Waals surface area contributed by atoms with E-state index in [0.717, 1.165) is 12.1 Å². The second-order valence-electron chi connectivity index (χ2n) is 6.02. The first kappa shape index (κ1) is 19.1. The highest BCUT2D eigenvalue weighted by atomic mass is 32.1. The number of nitrogens with one attached hydrogen (secondary N) is 1. The van der Waals surface area contributed by atoms with Gasteiger partial charge in [0.25, 0.3) is 0 Å². The van der Waals surface area contributed by atoms with Crippen LogP contribution in [0.1, 0.15) is 33.3 Å². The monoisotopic (exact) mass is 360 g/mol. The van der Waals surface area contributed by atoms with Gasteiger partial charge in [0.05, 0.1) is 18.7 Å². The number of nitrogens with zero attached hydrogens (tertiary/aromatic N) is 1. The van der Waals surface area contributed by atoms with Crippen LogP contribution < -0.4 is 5.32 Å². The molecule has 1 amide bonds. The fourth-order valence-corrected chi connectivity index (χ4v) is 3.31. The van der Waals surface area contributed by atoms with Crippen molar-refractivity contribution in [1.82, 2.24) is 10.2 Å². The number of hydrogen-bond donors (Lipinski definition) is 1. The lowest BCUT2D eigenvalue weighted by Crippen LogP contribution is -2.42. The minimum Gasteiger partial charge on any atom is -0.465 e. The zero-order valence-corrected chi connectivity index (χ0v) is 15.9. The number of likely N-dealkylation sites (N-methyl/N-ethyl adjacent to an activating group) is 1. The van der Waals surface area contributed by atoms with Crippen LogP contribution in [0.3, 0.4) is 0 Å². The van der Waals surface area contributed by atoms with Crippen LogP contribution in [-0.4, -0.2) is 37.0 Å². The van der Waals surface area contributed by atoms with Crippen LogP contribution in [0.5, 0.6) is 0 Å². The molecule has 0 aliphatic rings. The zero-order chi connectivity index (χ0) is 18.4. The molecule has 0 aliphatic carbocycles. The summed E-state index contributed by atoms with van der Waals surface area (Å²) < 4.78 is 4.67. The fourth-order valence-electron chi connectivity index (χ4n) is 2.34. The molecule has 1 N–H and O–H groups in total. The van der Waals surface area contributed by atoms with Gasteiger partial charge in [0, 0.05) is 18.0 Å². The van der Waals surface area contributed by atoms with Crippen LogP contribution in [0.15, 0.2) is 35.7 Å². The Balaban J connectivity index is 1.86. The lowest BCUT2D eigenvalue weighted by Gasteiger charge is -2.23. The largest absolute Gasteiger partial charge is 0.465 e. The Morgan fingerprint density at radius 3 is 2.48 bits per heavy atom. The molecule has 134 valence electrons. The summed E-state index contributed by atoms with van der Waals surface area (Å²) in [5, 5.41) is 5.01. The third-order valence-electron chi connectivity index (χ3n) is 4.24. The highest BCUT2D eigenvalue weighted by molar-refractivity contribution is 7.10. The van der Waals surface area contributed by atoms with E-state index >= 15 is 0 Å². The number of thiophene rings is 1. The quantitative estimate of drug-likeness (QED) is 0.771. The molecule has 1 unspecified atom stereocenters. The van der Waals surface area contributed by atoms with Crippen molar-refractivity contribution in [1.29, 1.82) is 0 Å². The predicted octanol–water partition coefficient (Wildman–Crippen LogP) is 2.98. The van der Waals surface area contributed by atoms with Crippen LogP contribution >= 0.6 is 11.3 Å². The van der Waals surface area contributed by atoms with E-state index in [1.165, 1.54) is 17.6 Å². The molecule has 2 rings (SSSR count). The maximum Gasteiger partial charge on any atom is 0.337 e. The summed E-state index contributed by atoms with van der Waals surface area (Å²) in [5.41, 5.74) is 2.69. The summed E-state index contributed by atoms with van der Waals surface area (Å²) >= 11 is 1.71. The molecule has 0 aliphatic heterocycles. The average molecular weight is 360 g/mol. The van der Waals surface area contributed by atoms with Crippen molar-refractivity contribution >= 4 is 23.2 Å². The van der Waals surface area contributed by atoms with E-state index in [9.17, 15) is 9.59 Å². The van der Waals surface area contributed by atoms with Crippen molar-refractivity contribution < 1.29 is 14.3 Å². The minimum atomic E-state index is -0.366. The molecule has 0 spiro atoms. The molecule has 25 heavy (non-hydrogen) atoms. The molecular weight excluding hydrogens is 336 g/mol. The van der Waals surface area contributed by atoms with E-state index in [0.29, 0.717) is 12.1 Å². The highest BCUT2D eigenvalue weighted by Crippen LogP contribution is 2.18. The predicted molar refractivity (Wildman–Crippen MR) is 99.6 cm³/mol. The van der Waals surface area contributed by atoms with Crippen LogP contribution in [0.25, 0.3) is 0 Å². The summed E-state index contributed by atoms with van der Waals surface area (Å²) in [6.07, 6.45) is 0. The number of ether oxygens (including phenoxy) is 1. The molecule has 1 atom stereocenters. The van der Waals surface area contributed by atoms with E-state index in [2.05, 4.69) is 28.4 Å². The molecule has 1 aromatic carbocycles.